The molecule has 0 fully saturated rings. The Morgan fingerprint density at radius 1 is 1.35 bits per heavy atom. The van der Waals surface area contributed by atoms with Crippen molar-refractivity contribution in [3.8, 4) is 11.3 Å². The van der Waals surface area contributed by atoms with Crippen LogP contribution in [0.4, 0.5) is 0 Å². The van der Waals surface area contributed by atoms with E-state index in [1.165, 1.54) is 0 Å². The number of carboxylic acids is 1. The van der Waals surface area contributed by atoms with Gasteiger partial charge in [0.1, 0.15) is 0 Å². The second kappa shape index (κ2) is 4.82. The molecule has 2 aromatic rings. The summed E-state index contributed by atoms with van der Waals surface area (Å²) in [5, 5.41) is 13.2. The lowest BCUT2D eigenvalue weighted by atomic mass is 10.2. The van der Waals surface area contributed by atoms with E-state index < -0.39 is 11.9 Å². The minimum Gasteiger partial charge on any atom is -0.481 e. The molecule has 0 aliphatic carbocycles. The van der Waals surface area contributed by atoms with Crippen molar-refractivity contribution >= 4 is 5.97 Å². The Morgan fingerprint density at radius 3 is 2.71 bits per heavy atom. The molecule has 0 saturated carbocycles. The highest BCUT2D eigenvalue weighted by Gasteiger charge is 2.12. The fraction of sp³-hybridized carbons (Fsp3) is 0.231. The Kier molecular flexibility index (Phi) is 3.23. The number of aromatic nitrogens is 2. The van der Waals surface area contributed by atoms with Gasteiger partial charge in [0.05, 0.1) is 18.2 Å². The van der Waals surface area contributed by atoms with Crippen LogP contribution < -0.4 is 0 Å². The molecule has 2 rings (SSSR count). The van der Waals surface area contributed by atoms with E-state index in [1.807, 2.05) is 42.6 Å². The van der Waals surface area contributed by atoms with Crippen LogP contribution in [-0.4, -0.2) is 20.9 Å². The van der Waals surface area contributed by atoms with E-state index in [9.17, 15) is 4.79 Å². The molecule has 0 aliphatic rings. The SMILES string of the molecule is CC(Cn1ccc(-c2ccccc2)n1)C(=O)O. The molecule has 0 amide bonds. The molecular weight excluding hydrogens is 216 g/mol. The number of carboxylic acid groups (broad SMARTS) is 1. The number of hydrogen-bond acceptors (Lipinski definition) is 2. The fourth-order valence-corrected chi connectivity index (χ4v) is 1.58. The molecule has 1 unspecified atom stereocenters. The van der Waals surface area contributed by atoms with Crippen molar-refractivity contribution in [1.82, 2.24) is 9.78 Å². The summed E-state index contributed by atoms with van der Waals surface area (Å²) < 4.78 is 1.67. The second-order valence-corrected chi connectivity index (χ2v) is 4.03. The van der Waals surface area contributed by atoms with Crippen molar-refractivity contribution in [1.29, 1.82) is 0 Å². The summed E-state index contributed by atoms with van der Waals surface area (Å²) in [5.41, 5.74) is 1.90. The maximum atomic E-state index is 10.7. The monoisotopic (exact) mass is 230 g/mol. The molecule has 0 spiro atoms. The smallest absolute Gasteiger partial charge is 0.308 e. The molecule has 4 nitrogen and oxygen atoms in total. The summed E-state index contributed by atoms with van der Waals surface area (Å²) in [6.07, 6.45) is 1.81. The van der Waals surface area contributed by atoms with Gasteiger partial charge in [-0.25, -0.2) is 0 Å². The van der Waals surface area contributed by atoms with Gasteiger partial charge in [-0.3, -0.25) is 9.48 Å². The standard InChI is InChI=1S/C13H14N2O2/c1-10(13(16)17)9-15-8-7-12(14-15)11-5-3-2-4-6-11/h2-8,10H,9H2,1H3,(H,16,17). The summed E-state index contributed by atoms with van der Waals surface area (Å²) in [6.45, 7) is 2.06. The lowest BCUT2D eigenvalue weighted by Gasteiger charge is -2.05. The molecule has 0 bridgehead atoms. The molecule has 0 radical (unpaired) electrons. The molecule has 1 aromatic carbocycles. The maximum Gasteiger partial charge on any atom is 0.308 e. The van der Waals surface area contributed by atoms with Crippen LogP contribution in [0.25, 0.3) is 11.3 Å². The van der Waals surface area contributed by atoms with Gasteiger partial charge in [-0.15, -0.1) is 0 Å². The average Bonchev–Trinajstić information content (AvgIpc) is 2.78. The minimum atomic E-state index is -0.804. The topological polar surface area (TPSA) is 55.1 Å². The summed E-state index contributed by atoms with van der Waals surface area (Å²) in [5.74, 6) is -1.24. The highest BCUT2D eigenvalue weighted by Crippen LogP contribution is 2.16. The van der Waals surface area contributed by atoms with Crippen LogP contribution in [0, 0.1) is 5.92 Å². The number of carbonyl (C=O) groups is 1. The lowest BCUT2D eigenvalue weighted by molar-refractivity contribution is -0.141. The first kappa shape index (κ1) is 11.4. The predicted octanol–water partition coefficient (Wildman–Crippen LogP) is 2.27. The van der Waals surface area contributed by atoms with Crippen LogP contribution in [0.1, 0.15) is 6.92 Å². The zero-order valence-corrected chi connectivity index (χ0v) is 9.58. The normalized spacial score (nSPS) is 12.3. The largest absolute Gasteiger partial charge is 0.481 e. The molecule has 88 valence electrons. The van der Waals surface area contributed by atoms with Gasteiger partial charge >= 0.3 is 5.97 Å². The first-order chi connectivity index (χ1) is 8.16. The van der Waals surface area contributed by atoms with E-state index in [1.54, 1.807) is 11.6 Å². The summed E-state index contributed by atoms with van der Waals surface area (Å²) in [7, 11) is 0. The van der Waals surface area contributed by atoms with Gasteiger partial charge < -0.3 is 5.11 Å². The van der Waals surface area contributed by atoms with Crippen LogP contribution in [0.3, 0.4) is 0 Å². The molecule has 4 heteroatoms. The molecule has 17 heavy (non-hydrogen) atoms. The van der Waals surface area contributed by atoms with E-state index in [-0.39, 0.29) is 0 Å². The lowest BCUT2D eigenvalue weighted by Crippen LogP contribution is -2.16. The van der Waals surface area contributed by atoms with E-state index in [2.05, 4.69) is 5.10 Å². The minimum absolute atomic E-state index is 0.391. The van der Waals surface area contributed by atoms with E-state index in [0.29, 0.717) is 6.54 Å². The summed E-state index contributed by atoms with van der Waals surface area (Å²) in [6, 6.07) is 11.7. The third kappa shape index (κ3) is 2.72. The van der Waals surface area contributed by atoms with E-state index >= 15 is 0 Å². The Bertz CT molecular complexity index is 505. The van der Waals surface area contributed by atoms with E-state index in [4.69, 9.17) is 5.11 Å². The number of benzene rings is 1. The summed E-state index contributed by atoms with van der Waals surface area (Å²) in [4.78, 5) is 10.7. The Balaban J connectivity index is 2.14. The zero-order valence-electron chi connectivity index (χ0n) is 9.58. The predicted molar refractivity (Wildman–Crippen MR) is 64.5 cm³/mol. The molecule has 0 aliphatic heterocycles. The quantitative estimate of drug-likeness (QED) is 0.876. The highest BCUT2D eigenvalue weighted by atomic mass is 16.4. The number of hydrogen-bond donors (Lipinski definition) is 1. The number of nitrogens with zero attached hydrogens (tertiary/aromatic N) is 2. The first-order valence-corrected chi connectivity index (χ1v) is 5.48. The number of rotatable bonds is 4. The van der Waals surface area contributed by atoms with Crippen molar-refractivity contribution < 1.29 is 9.90 Å². The van der Waals surface area contributed by atoms with E-state index in [0.717, 1.165) is 11.3 Å². The van der Waals surface area contributed by atoms with Gasteiger partial charge in [0, 0.05) is 11.8 Å². The number of aliphatic carboxylic acids is 1. The van der Waals surface area contributed by atoms with Crippen molar-refractivity contribution in [2.24, 2.45) is 5.92 Å². The molecule has 1 aromatic heterocycles. The zero-order chi connectivity index (χ0) is 12.3. The molecule has 1 atom stereocenters. The van der Waals surface area contributed by atoms with Crippen LogP contribution in [0.2, 0.25) is 0 Å². The van der Waals surface area contributed by atoms with Gasteiger partial charge in [0.15, 0.2) is 0 Å². The van der Waals surface area contributed by atoms with Gasteiger partial charge in [0.2, 0.25) is 0 Å². The third-order valence-electron chi connectivity index (χ3n) is 2.59. The van der Waals surface area contributed by atoms with Crippen molar-refractivity contribution in [2.75, 3.05) is 0 Å². The van der Waals surface area contributed by atoms with Crippen LogP contribution in [0.15, 0.2) is 42.6 Å². The molecule has 1 heterocycles. The molecule has 0 saturated heterocycles. The Labute approximate surface area is 99.5 Å². The first-order valence-electron chi connectivity index (χ1n) is 5.48. The van der Waals surface area contributed by atoms with Crippen LogP contribution in [0.5, 0.6) is 0 Å². The van der Waals surface area contributed by atoms with Gasteiger partial charge in [-0.2, -0.15) is 5.10 Å². The van der Waals surface area contributed by atoms with Crippen molar-refractivity contribution in [2.45, 2.75) is 13.5 Å². The van der Waals surface area contributed by atoms with Crippen LogP contribution >= 0.6 is 0 Å². The summed E-state index contributed by atoms with van der Waals surface area (Å²) >= 11 is 0. The third-order valence-corrected chi connectivity index (χ3v) is 2.59. The van der Waals surface area contributed by atoms with Crippen molar-refractivity contribution in [3.63, 3.8) is 0 Å². The molecule has 1 N–H and O–H groups in total. The molecular formula is C13H14N2O2. The van der Waals surface area contributed by atoms with Gasteiger partial charge in [-0.05, 0) is 6.07 Å². The Hall–Kier alpha value is -2.10. The van der Waals surface area contributed by atoms with Gasteiger partial charge in [0.25, 0.3) is 0 Å². The average molecular weight is 230 g/mol. The van der Waals surface area contributed by atoms with Gasteiger partial charge in [-0.1, -0.05) is 37.3 Å². The highest BCUT2D eigenvalue weighted by molar-refractivity contribution is 5.69. The fourth-order valence-electron chi connectivity index (χ4n) is 1.58. The van der Waals surface area contributed by atoms with Crippen molar-refractivity contribution in [3.05, 3.63) is 42.6 Å². The van der Waals surface area contributed by atoms with Crippen LogP contribution in [-0.2, 0) is 11.3 Å². The maximum absolute atomic E-state index is 10.7. The second-order valence-electron chi connectivity index (χ2n) is 4.03. The Morgan fingerprint density at radius 2 is 2.06 bits per heavy atom.